The standard InChI is InChI=1S/C29H43N5O3/c1-21-17-30-34(19-21)16-15-32-12-9-28(26-22(2)5-8-25(18-31-36)27(26)37-4)10-14-33(20-24-6-7-24)23(3)29(28,35)11-13-32/h5,8,17,19,23-24,35H,6-7,9-16,18,20H2,1-4H3. The number of methoxy groups -OCH3 is 1. The number of nitroso groups, excluding NO2 is 1. The van der Waals surface area contributed by atoms with Crippen LogP contribution in [-0.2, 0) is 18.5 Å². The van der Waals surface area contributed by atoms with Crippen LogP contribution in [0.5, 0.6) is 5.75 Å². The van der Waals surface area contributed by atoms with Crippen LogP contribution in [0.1, 0.15) is 61.3 Å². The number of hydrogen-bond donors (Lipinski definition) is 1. The molecule has 3 heterocycles. The number of piperidine rings is 1. The average Bonchev–Trinajstić information content (AvgIpc) is 3.64. The van der Waals surface area contributed by atoms with E-state index in [4.69, 9.17) is 4.74 Å². The monoisotopic (exact) mass is 509 g/mol. The van der Waals surface area contributed by atoms with Crippen molar-refractivity contribution in [2.45, 2.75) is 83.0 Å². The van der Waals surface area contributed by atoms with Crippen LogP contribution >= 0.6 is 0 Å². The summed E-state index contributed by atoms with van der Waals surface area (Å²) in [6.45, 7) is 12.0. The molecule has 8 heteroatoms. The molecule has 1 saturated carbocycles. The molecule has 3 fully saturated rings. The summed E-state index contributed by atoms with van der Waals surface area (Å²) in [5.74, 6) is 1.51. The van der Waals surface area contributed by atoms with Crippen LogP contribution in [0.25, 0.3) is 0 Å². The number of aromatic nitrogens is 2. The maximum atomic E-state index is 12.9. The summed E-state index contributed by atoms with van der Waals surface area (Å²) < 4.78 is 8.03. The van der Waals surface area contributed by atoms with E-state index in [1.54, 1.807) is 7.11 Å². The molecule has 202 valence electrons. The van der Waals surface area contributed by atoms with E-state index in [9.17, 15) is 10.0 Å². The third kappa shape index (κ3) is 4.84. The van der Waals surface area contributed by atoms with Gasteiger partial charge in [0.2, 0.25) is 0 Å². The van der Waals surface area contributed by atoms with Gasteiger partial charge in [-0.15, -0.1) is 0 Å². The predicted molar refractivity (Wildman–Crippen MR) is 145 cm³/mol. The Labute approximate surface area is 220 Å². The quantitative estimate of drug-likeness (QED) is 0.514. The highest BCUT2D eigenvalue weighted by atomic mass is 16.5. The van der Waals surface area contributed by atoms with Gasteiger partial charge in [0, 0.05) is 48.4 Å². The lowest BCUT2D eigenvalue weighted by molar-refractivity contribution is -0.137. The lowest BCUT2D eigenvalue weighted by Crippen LogP contribution is -2.68. The van der Waals surface area contributed by atoms with Crippen molar-refractivity contribution in [3.05, 3.63) is 51.7 Å². The van der Waals surface area contributed by atoms with Crippen molar-refractivity contribution in [3.63, 3.8) is 0 Å². The molecule has 2 aliphatic heterocycles. The van der Waals surface area contributed by atoms with Crippen LogP contribution in [0.15, 0.2) is 29.7 Å². The van der Waals surface area contributed by atoms with Gasteiger partial charge >= 0.3 is 0 Å². The number of fused-ring (bicyclic) bond motifs is 1. The van der Waals surface area contributed by atoms with Gasteiger partial charge in [0.05, 0.1) is 25.5 Å². The van der Waals surface area contributed by atoms with Crippen LogP contribution in [0, 0.1) is 24.7 Å². The van der Waals surface area contributed by atoms with Crippen LogP contribution in [0.2, 0.25) is 0 Å². The molecule has 1 N–H and O–H groups in total. The van der Waals surface area contributed by atoms with E-state index in [1.807, 2.05) is 16.9 Å². The first-order valence-electron chi connectivity index (χ1n) is 13.9. The summed E-state index contributed by atoms with van der Waals surface area (Å²) in [5.41, 5.74) is 2.81. The minimum atomic E-state index is -0.914. The first kappa shape index (κ1) is 26.3. The Kier molecular flexibility index (Phi) is 7.44. The maximum absolute atomic E-state index is 12.9. The van der Waals surface area contributed by atoms with Crippen LogP contribution in [-0.4, -0.2) is 76.2 Å². The van der Waals surface area contributed by atoms with Crippen LogP contribution in [0.4, 0.5) is 0 Å². The third-order valence-corrected chi connectivity index (χ3v) is 9.52. The van der Waals surface area contributed by atoms with E-state index in [-0.39, 0.29) is 12.6 Å². The molecule has 0 spiro atoms. The second-order valence-corrected chi connectivity index (χ2v) is 11.7. The molecule has 0 bridgehead atoms. The highest BCUT2D eigenvalue weighted by Gasteiger charge is 2.60. The number of rotatable bonds is 9. The molecule has 3 unspecified atom stereocenters. The molecule has 0 radical (unpaired) electrons. The summed E-state index contributed by atoms with van der Waals surface area (Å²) in [4.78, 5) is 16.3. The smallest absolute Gasteiger partial charge is 0.128 e. The first-order chi connectivity index (χ1) is 17.8. The van der Waals surface area contributed by atoms with Gasteiger partial charge in [0.1, 0.15) is 12.3 Å². The van der Waals surface area contributed by atoms with E-state index >= 15 is 0 Å². The molecule has 1 aliphatic carbocycles. The van der Waals surface area contributed by atoms with Gasteiger partial charge in [-0.05, 0) is 83.0 Å². The molecule has 5 rings (SSSR count). The van der Waals surface area contributed by atoms with Crippen LogP contribution in [0.3, 0.4) is 0 Å². The summed E-state index contributed by atoms with van der Waals surface area (Å²) in [7, 11) is 1.68. The Morgan fingerprint density at radius 2 is 1.89 bits per heavy atom. The van der Waals surface area contributed by atoms with E-state index in [1.165, 1.54) is 18.4 Å². The third-order valence-electron chi connectivity index (χ3n) is 9.52. The normalized spacial score (nSPS) is 29.1. The lowest BCUT2D eigenvalue weighted by Gasteiger charge is -2.58. The van der Waals surface area contributed by atoms with E-state index < -0.39 is 11.0 Å². The largest absolute Gasteiger partial charge is 0.496 e. The molecule has 3 aliphatic rings. The number of aliphatic hydroxyl groups is 1. The highest BCUT2D eigenvalue weighted by molar-refractivity contribution is 5.53. The van der Waals surface area contributed by atoms with Gasteiger partial charge in [-0.3, -0.25) is 9.58 Å². The van der Waals surface area contributed by atoms with Gasteiger partial charge < -0.3 is 14.7 Å². The molecule has 37 heavy (non-hydrogen) atoms. The molecular weight excluding hydrogens is 466 g/mol. The zero-order chi connectivity index (χ0) is 26.2. The van der Waals surface area contributed by atoms with Gasteiger partial charge in [-0.1, -0.05) is 17.3 Å². The second kappa shape index (κ2) is 10.5. The van der Waals surface area contributed by atoms with Gasteiger partial charge in [0.15, 0.2) is 0 Å². The summed E-state index contributed by atoms with van der Waals surface area (Å²) >= 11 is 0. The molecule has 8 nitrogen and oxygen atoms in total. The summed E-state index contributed by atoms with van der Waals surface area (Å²) in [6, 6.07) is 4.07. The predicted octanol–water partition coefficient (Wildman–Crippen LogP) is 4.04. The van der Waals surface area contributed by atoms with E-state index in [0.29, 0.717) is 6.42 Å². The molecule has 0 amide bonds. The minimum Gasteiger partial charge on any atom is -0.496 e. The number of aryl methyl sites for hydroxylation is 2. The maximum Gasteiger partial charge on any atom is 0.128 e. The van der Waals surface area contributed by atoms with E-state index in [0.717, 1.165) is 80.5 Å². The average molecular weight is 510 g/mol. The van der Waals surface area contributed by atoms with Crippen molar-refractivity contribution in [2.24, 2.45) is 11.1 Å². The van der Waals surface area contributed by atoms with Gasteiger partial charge in [-0.2, -0.15) is 10.0 Å². The summed E-state index contributed by atoms with van der Waals surface area (Å²) in [6.07, 6.45) is 9.03. The van der Waals surface area contributed by atoms with Crippen molar-refractivity contribution in [2.75, 3.05) is 39.8 Å². The highest BCUT2D eigenvalue weighted by Crippen LogP contribution is 2.55. The topological polar surface area (TPSA) is 83.2 Å². The SMILES string of the molecule is COc1c(CN=O)ccc(C)c1C12CCN(CCn3cc(C)cn3)CCC1(O)C(C)N(CC1CC1)CC2. The van der Waals surface area contributed by atoms with Crippen LogP contribution < -0.4 is 4.74 Å². The zero-order valence-corrected chi connectivity index (χ0v) is 22.9. The Balaban J connectivity index is 1.52. The van der Waals surface area contributed by atoms with Crippen molar-refractivity contribution in [3.8, 4) is 5.75 Å². The van der Waals surface area contributed by atoms with Gasteiger partial charge in [0.25, 0.3) is 0 Å². The van der Waals surface area contributed by atoms with Crippen molar-refractivity contribution in [1.29, 1.82) is 0 Å². The fraction of sp³-hybridized carbons (Fsp3) is 0.690. The number of ether oxygens (including phenoxy) is 1. The zero-order valence-electron chi connectivity index (χ0n) is 22.9. The number of likely N-dealkylation sites (tertiary alicyclic amines) is 2. The molecule has 2 aromatic rings. The fourth-order valence-electron chi connectivity index (χ4n) is 7.18. The Morgan fingerprint density at radius 3 is 2.57 bits per heavy atom. The minimum absolute atomic E-state index is 0.0347. The number of nitrogens with zero attached hydrogens (tertiary/aromatic N) is 5. The second-order valence-electron chi connectivity index (χ2n) is 11.7. The molecular formula is C29H43N5O3. The Morgan fingerprint density at radius 1 is 1.14 bits per heavy atom. The Bertz CT molecular complexity index is 1110. The Hall–Kier alpha value is -2.29. The summed E-state index contributed by atoms with van der Waals surface area (Å²) in [5, 5.41) is 20.5. The molecule has 1 aromatic carbocycles. The van der Waals surface area contributed by atoms with Crippen molar-refractivity contribution >= 4 is 0 Å². The van der Waals surface area contributed by atoms with Crippen molar-refractivity contribution < 1.29 is 9.84 Å². The first-order valence-corrected chi connectivity index (χ1v) is 13.9. The molecule has 3 atom stereocenters. The number of benzene rings is 1. The molecule has 2 saturated heterocycles. The number of hydrogen-bond acceptors (Lipinski definition) is 7. The fourth-order valence-corrected chi connectivity index (χ4v) is 7.18. The lowest BCUT2D eigenvalue weighted by atomic mass is 9.56. The van der Waals surface area contributed by atoms with Crippen molar-refractivity contribution in [1.82, 2.24) is 19.6 Å². The molecule has 1 aromatic heterocycles. The van der Waals surface area contributed by atoms with Gasteiger partial charge in [-0.25, -0.2) is 0 Å². The van der Waals surface area contributed by atoms with E-state index in [2.05, 4.69) is 53.1 Å².